The van der Waals surface area contributed by atoms with Crippen LogP contribution in [0.2, 0.25) is 0 Å². The number of nitrogens with one attached hydrogen (secondary N) is 1. The van der Waals surface area contributed by atoms with Crippen LogP contribution in [0.5, 0.6) is 0 Å². The molecular weight excluding hydrogens is 386 g/mol. The van der Waals surface area contributed by atoms with Crippen LogP contribution in [0, 0.1) is 20.8 Å². The Bertz CT molecular complexity index is 1300. The third kappa shape index (κ3) is 4.10. The van der Waals surface area contributed by atoms with Crippen molar-refractivity contribution >= 4 is 23.0 Å². The maximum absolute atomic E-state index is 13.0. The minimum Gasteiger partial charge on any atom is -0.269 e. The number of amides is 1. The van der Waals surface area contributed by atoms with Crippen molar-refractivity contribution in [1.29, 1.82) is 0 Å². The lowest BCUT2D eigenvalue weighted by Crippen LogP contribution is -2.18. The highest BCUT2D eigenvalue weighted by molar-refractivity contribution is 6.07. The summed E-state index contributed by atoms with van der Waals surface area (Å²) in [6.07, 6.45) is 3.37. The zero-order valence-corrected chi connectivity index (χ0v) is 18.2. The molecule has 1 amide bonds. The fraction of sp³-hybridized carbons (Fsp3) is 0.200. The number of hydrazone groups is 1. The van der Waals surface area contributed by atoms with Gasteiger partial charge in [0.25, 0.3) is 5.91 Å². The van der Waals surface area contributed by atoms with Gasteiger partial charge in [-0.3, -0.25) is 9.48 Å². The van der Waals surface area contributed by atoms with Gasteiger partial charge in [0.15, 0.2) is 0 Å². The normalized spacial score (nSPS) is 11.4. The summed E-state index contributed by atoms with van der Waals surface area (Å²) >= 11 is 0. The van der Waals surface area contributed by atoms with Crippen LogP contribution in [0.1, 0.15) is 39.7 Å². The van der Waals surface area contributed by atoms with Crippen LogP contribution < -0.4 is 5.43 Å². The number of carbonyl (C=O) groups excluding carboxylic acids is 1. The smallest absolute Gasteiger partial charge is 0.269 e. The molecule has 4 aromatic rings. The van der Waals surface area contributed by atoms with Crippen molar-refractivity contribution in [3.63, 3.8) is 0 Å². The summed E-state index contributed by atoms with van der Waals surface area (Å²) in [6, 6.07) is 15.7. The van der Waals surface area contributed by atoms with E-state index in [4.69, 9.17) is 4.98 Å². The van der Waals surface area contributed by atoms with Gasteiger partial charge in [-0.15, -0.1) is 0 Å². The minimum atomic E-state index is -0.277. The summed E-state index contributed by atoms with van der Waals surface area (Å²) in [4.78, 5) is 17.8. The molecule has 0 atom stereocenters. The van der Waals surface area contributed by atoms with Crippen LogP contribution in [0.3, 0.4) is 0 Å². The molecule has 31 heavy (non-hydrogen) atoms. The number of rotatable bonds is 5. The second-order valence-corrected chi connectivity index (χ2v) is 7.57. The standard InChI is InChI=1S/C25H25N5O/c1-5-30-18(4)20(15-27-30)14-26-29-25(31)22-13-24(19-11-10-16(2)17(3)12-19)28-23-9-7-6-8-21(22)23/h6-15H,5H2,1-4H3,(H,29,31)/b26-14+. The molecule has 1 N–H and O–H groups in total. The molecule has 0 saturated carbocycles. The molecule has 0 spiro atoms. The zero-order chi connectivity index (χ0) is 22.0. The van der Waals surface area contributed by atoms with Crippen LogP contribution >= 0.6 is 0 Å². The lowest BCUT2D eigenvalue weighted by atomic mass is 10.0. The van der Waals surface area contributed by atoms with Gasteiger partial charge >= 0.3 is 0 Å². The van der Waals surface area contributed by atoms with Crippen molar-refractivity contribution < 1.29 is 4.79 Å². The number of carbonyl (C=O) groups is 1. The summed E-state index contributed by atoms with van der Waals surface area (Å²) in [5.74, 6) is -0.277. The molecule has 0 bridgehead atoms. The van der Waals surface area contributed by atoms with Crippen LogP contribution in [0.4, 0.5) is 0 Å². The SMILES string of the molecule is CCn1ncc(/C=N/NC(=O)c2cc(-c3ccc(C)c(C)c3)nc3ccccc23)c1C. The van der Waals surface area contributed by atoms with Gasteiger partial charge in [0.05, 0.1) is 29.2 Å². The molecule has 0 fully saturated rings. The predicted molar refractivity (Wildman–Crippen MR) is 124 cm³/mol. The van der Waals surface area contributed by atoms with E-state index in [1.807, 2.05) is 54.9 Å². The molecule has 0 aliphatic heterocycles. The van der Waals surface area contributed by atoms with E-state index in [0.29, 0.717) is 5.56 Å². The Morgan fingerprint density at radius 3 is 2.65 bits per heavy atom. The first-order valence-corrected chi connectivity index (χ1v) is 10.3. The summed E-state index contributed by atoms with van der Waals surface area (Å²) in [6.45, 7) is 8.95. The summed E-state index contributed by atoms with van der Waals surface area (Å²) < 4.78 is 1.88. The van der Waals surface area contributed by atoms with E-state index >= 15 is 0 Å². The van der Waals surface area contributed by atoms with Gasteiger partial charge in [0, 0.05) is 28.8 Å². The number of benzene rings is 2. The number of nitrogens with zero attached hydrogens (tertiary/aromatic N) is 4. The fourth-order valence-corrected chi connectivity index (χ4v) is 3.54. The predicted octanol–water partition coefficient (Wildman–Crippen LogP) is 4.81. The second-order valence-electron chi connectivity index (χ2n) is 7.57. The van der Waals surface area contributed by atoms with Crippen molar-refractivity contribution in [2.75, 3.05) is 0 Å². The monoisotopic (exact) mass is 411 g/mol. The van der Waals surface area contributed by atoms with Gasteiger partial charge in [-0.2, -0.15) is 10.2 Å². The van der Waals surface area contributed by atoms with Crippen LogP contribution in [0.25, 0.3) is 22.2 Å². The minimum absolute atomic E-state index is 0.277. The quantitative estimate of drug-likeness (QED) is 0.378. The van der Waals surface area contributed by atoms with E-state index in [9.17, 15) is 4.79 Å². The molecular formula is C25H25N5O. The number of aromatic nitrogens is 3. The first-order valence-electron chi connectivity index (χ1n) is 10.3. The number of fused-ring (bicyclic) bond motifs is 1. The first-order chi connectivity index (χ1) is 15.0. The number of hydrogen-bond donors (Lipinski definition) is 1. The van der Waals surface area contributed by atoms with Gasteiger partial charge in [-0.05, 0) is 57.0 Å². The average Bonchev–Trinajstić information content (AvgIpc) is 3.14. The van der Waals surface area contributed by atoms with E-state index in [2.05, 4.69) is 41.6 Å². The van der Waals surface area contributed by atoms with Crippen molar-refractivity contribution in [3.05, 3.63) is 82.7 Å². The van der Waals surface area contributed by atoms with E-state index < -0.39 is 0 Å². The van der Waals surface area contributed by atoms with Gasteiger partial charge in [-0.1, -0.05) is 30.3 Å². The average molecular weight is 412 g/mol. The van der Waals surface area contributed by atoms with Gasteiger partial charge in [0.2, 0.25) is 0 Å². The van der Waals surface area contributed by atoms with E-state index in [-0.39, 0.29) is 5.91 Å². The molecule has 0 unspecified atom stereocenters. The Labute approximate surface area is 181 Å². The molecule has 0 saturated heterocycles. The van der Waals surface area contributed by atoms with E-state index in [0.717, 1.165) is 40.0 Å². The molecule has 0 radical (unpaired) electrons. The molecule has 156 valence electrons. The summed E-state index contributed by atoms with van der Waals surface area (Å²) in [5, 5.41) is 9.25. The lowest BCUT2D eigenvalue weighted by Gasteiger charge is -2.10. The second kappa shape index (κ2) is 8.52. The largest absolute Gasteiger partial charge is 0.272 e. The third-order valence-corrected chi connectivity index (χ3v) is 5.57. The molecule has 0 aliphatic carbocycles. The van der Waals surface area contributed by atoms with Crippen molar-refractivity contribution in [1.82, 2.24) is 20.2 Å². The zero-order valence-electron chi connectivity index (χ0n) is 18.2. The topological polar surface area (TPSA) is 72.2 Å². The lowest BCUT2D eigenvalue weighted by molar-refractivity contribution is 0.0956. The van der Waals surface area contributed by atoms with Gasteiger partial charge < -0.3 is 0 Å². The first kappa shape index (κ1) is 20.5. The Hall–Kier alpha value is -3.80. The molecule has 6 heteroatoms. The highest BCUT2D eigenvalue weighted by atomic mass is 16.2. The molecule has 2 aromatic heterocycles. The van der Waals surface area contributed by atoms with Crippen molar-refractivity contribution in [3.8, 4) is 11.3 Å². The Morgan fingerprint density at radius 1 is 1.10 bits per heavy atom. The maximum atomic E-state index is 13.0. The molecule has 2 aromatic carbocycles. The molecule has 4 rings (SSSR count). The molecule has 0 aliphatic rings. The Balaban J connectivity index is 1.68. The highest BCUT2D eigenvalue weighted by Gasteiger charge is 2.14. The maximum Gasteiger partial charge on any atom is 0.272 e. The van der Waals surface area contributed by atoms with E-state index in [1.54, 1.807) is 12.4 Å². The van der Waals surface area contributed by atoms with Crippen LogP contribution in [-0.2, 0) is 6.54 Å². The Kier molecular flexibility index (Phi) is 5.62. The highest BCUT2D eigenvalue weighted by Crippen LogP contribution is 2.26. The van der Waals surface area contributed by atoms with Crippen LogP contribution in [0.15, 0.2) is 59.8 Å². The van der Waals surface area contributed by atoms with E-state index in [1.165, 1.54) is 11.1 Å². The number of para-hydroxylation sites is 1. The molecule has 2 heterocycles. The van der Waals surface area contributed by atoms with Crippen LogP contribution in [-0.4, -0.2) is 26.9 Å². The number of aryl methyl sites for hydroxylation is 3. The number of hydrogen-bond acceptors (Lipinski definition) is 4. The van der Waals surface area contributed by atoms with Crippen molar-refractivity contribution in [2.45, 2.75) is 34.2 Å². The fourth-order valence-electron chi connectivity index (χ4n) is 3.54. The van der Waals surface area contributed by atoms with Crippen molar-refractivity contribution in [2.24, 2.45) is 5.10 Å². The molecule has 6 nitrogen and oxygen atoms in total. The van der Waals surface area contributed by atoms with Gasteiger partial charge in [0.1, 0.15) is 0 Å². The number of pyridine rings is 1. The third-order valence-electron chi connectivity index (χ3n) is 5.57. The Morgan fingerprint density at radius 2 is 1.90 bits per heavy atom. The van der Waals surface area contributed by atoms with Gasteiger partial charge in [-0.25, -0.2) is 10.4 Å². The summed E-state index contributed by atoms with van der Waals surface area (Å²) in [7, 11) is 0. The summed E-state index contributed by atoms with van der Waals surface area (Å²) in [5.41, 5.74) is 10.00.